The topological polar surface area (TPSA) is 44.1 Å². The highest BCUT2D eigenvalue weighted by atomic mass is 35.5. The number of nitrogens with zero attached hydrogens (tertiary/aromatic N) is 2. The highest BCUT2D eigenvalue weighted by molar-refractivity contribution is 7.99. The zero-order valence-corrected chi connectivity index (χ0v) is 17.6. The van der Waals surface area contributed by atoms with Gasteiger partial charge in [0.1, 0.15) is 11.4 Å². The molecule has 1 heterocycles. The minimum absolute atomic E-state index is 0.000748. The second kappa shape index (κ2) is 7.97. The Morgan fingerprint density at radius 3 is 2.43 bits per heavy atom. The van der Waals surface area contributed by atoms with Crippen molar-refractivity contribution in [1.29, 1.82) is 0 Å². The van der Waals surface area contributed by atoms with Crippen LogP contribution in [0.1, 0.15) is 36.8 Å². The third-order valence-electron chi connectivity index (χ3n) is 3.92. The van der Waals surface area contributed by atoms with Crippen LogP contribution >= 0.6 is 23.4 Å². The van der Waals surface area contributed by atoms with Crippen LogP contribution in [0.15, 0.2) is 58.3 Å². The maximum absolute atomic E-state index is 14.2. The number of rotatable bonds is 4. The first-order chi connectivity index (χ1) is 13.2. The molecule has 0 atom stereocenters. The highest BCUT2D eigenvalue weighted by Gasteiger charge is 2.29. The lowest BCUT2D eigenvalue weighted by Gasteiger charge is -2.22. The number of aryl methyl sites for hydroxylation is 1. The molecule has 0 aliphatic rings. The summed E-state index contributed by atoms with van der Waals surface area (Å²) in [5.41, 5.74) is -0.0279. The Bertz CT molecular complexity index is 993. The molecule has 0 bridgehead atoms. The maximum atomic E-state index is 14.2. The van der Waals surface area contributed by atoms with Gasteiger partial charge in [0.15, 0.2) is 0 Å². The van der Waals surface area contributed by atoms with Crippen LogP contribution < -0.4 is 4.74 Å². The lowest BCUT2D eigenvalue weighted by Crippen LogP contribution is -2.25. The number of aromatic nitrogens is 2. The van der Waals surface area contributed by atoms with Crippen LogP contribution in [0.25, 0.3) is 0 Å². The van der Waals surface area contributed by atoms with Crippen LogP contribution in [0.2, 0.25) is 5.02 Å². The summed E-state index contributed by atoms with van der Waals surface area (Å²) < 4.78 is 21.5. The lowest BCUT2D eigenvalue weighted by molar-refractivity contribution is 0.0699. The molecule has 2 aromatic carbocycles. The third-order valence-corrected chi connectivity index (χ3v) is 5.42. The summed E-state index contributed by atoms with van der Waals surface area (Å²) >= 11 is 7.46. The summed E-state index contributed by atoms with van der Waals surface area (Å²) in [6, 6.07) is 13.8. The molecule has 7 heteroatoms. The van der Waals surface area contributed by atoms with Crippen molar-refractivity contribution in [3.63, 3.8) is 0 Å². The van der Waals surface area contributed by atoms with Gasteiger partial charge in [-0.05, 0) is 52.0 Å². The van der Waals surface area contributed by atoms with Crippen LogP contribution in [0.3, 0.4) is 0 Å². The van der Waals surface area contributed by atoms with Crippen LogP contribution in [0.4, 0.5) is 4.39 Å². The smallest absolute Gasteiger partial charge is 0.349 e. The molecule has 3 rings (SSSR count). The highest BCUT2D eigenvalue weighted by Crippen LogP contribution is 2.40. The van der Waals surface area contributed by atoms with E-state index in [1.54, 1.807) is 4.68 Å². The Kier molecular flexibility index (Phi) is 5.82. The number of carbonyl (C=O) groups is 1. The average Bonchev–Trinajstić information content (AvgIpc) is 2.92. The molecule has 0 N–H and O–H groups in total. The molecule has 0 fully saturated rings. The van der Waals surface area contributed by atoms with Gasteiger partial charge in [0, 0.05) is 4.90 Å². The van der Waals surface area contributed by atoms with E-state index in [1.165, 1.54) is 30.0 Å². The van der Waals surface area contributed by atoms with Gasteiger partial charge in [-0.1, -0.05) is 47.6 Å². The molecule has 0 aliphatic heterocycles. The van der Waals surface area contributed by atoms with E-state index < -0.39 is 17.3 Å². The van der Waals surface area contributed by atoms with Gasteiger partial charge in [-0.3, -0.25) is 0 Å². The SMILES string of the molecule is Cc1nn(C(C)(C)C)c(OC(=O)c2c(F)cccc2Cl)c1Sc1ccccc1. The zero-order valence-electron chi connectivity index (χ0n) is 16.0. The first kappa shape index (κ1) is 20.4. The number of benzene rings is 2. The van der Waals surface area contributed by atoms with Gasteiger partial charge >= 0.3 is 5.97 Å². The van der Waals surface area contributed by atoms with Crippen molar-refractivity contribution in [2.75, 3.05) is 0 Å². The fourth-order valence-electron chi connectivity index (χ4n) is 2.59. The van der Waals surface area contributed by atoms with Gasteiger partial charge < -0.3 is 4.74 Å². The summed E-state index contributed by atoms with van der Waals surface area (Å²) in [7, 11) is 0. The van der Waals surface area contributed by atoms with Gasteiger partial charge in [0.25, 0.3) is 0 Å². The summed E-state index contributed by atoms with van der Waals surface area (Å²) in [4.78, 5) is 14.4. The molecule has 1 aromatic heterocycles. The Balaban J connectivity index is 2.06. The predicted octanol–water partition coefficient (Wildman–Crippen LogP) is 6.11. The van der Waals surface area contributed by atoms with Crippen LogP contribution in [0, 0.1) is 12.7 Å². The van der Waals surface area contributed by atoms with Crippen LogP contribution in [0.5, 0.6) is 5.88 Å². The predicted molar refractivity (Wildman–Crippen MR) is 109 cm³/mol. The molecule has 0 amide bonds. The first-order valence-electron chi connectivity index (χ1n) is 8.67. The molecule has 0 unspecified atom stereocenters. The van der Waals surface area contributed by atoms with Crippen molar-refractivity contribution in [3.05, 3.63) is 70.6 Å². The summed E-state index contributed by atoms with van der Waals surface area (Å²) in [5, 5.41) is 4.56. The molecule has 28 heavy (non-hydrogen) atoms. The zero-order chi connectivity index (χ0) is 20.5. The molecule has 0 saturated carbocycles. The Morgan fingerprint density at radius 1 is 1.14 bits per heavy atom. The number of carbonyl (C=O) groups excluding carboxylic acids is 1. The molecule has 0 saturated heterocycles. The number of ether oxygens (including phenoxy) is 1. The molecule has 146 valence electrons. The van der Waals surface area contributed by atoms with Crippen LogP contribution in [-0.2, 0) is 5.54 Å². The van der Waals surface area contributed by atoms with E-state index in [0.29, 0.717) is 10.6 Å². The van der Waals surface area contributed by atoms with E-state index in [1.807, 2.05) is 58.0 Å². The minimum Gasteiger partial charge on any atom is -0.403 e. The van der Waals surface area contributed by atoms with E-state index in [4.69, 9.17) is 16.3 Å². The monoisotopic (exact) mass is 418 g/mol. The fourth-order valence-corrected chi connectivity index (χ4v) is 3.76. The molecular formula is C21H20ClFN2O2S. The van der Waals surface area contributed by atoms with Crippen molar-refractivity contribution in [2.45, 2.75) is 43.0 Å². The maximum Gasteiger partial charge on any atom is 0.349 e. The molecule has 4 nitrogen and oxygen atoms in total. The lowest BCUT2D eigenvalue weighted by atomic mass is 10.1. The Labute approximate surface area is 172 Å². The van der Waals surface area contributed by atoms with Gasteiger partial charge in [-0.25, -0.2) is 13.9 Å². The van der Waals surface area contributed by atoms with Crippen molar-refractivity contribution in [3.8, 4) is 5.88 Å². The van der Waals surface area contributed by atoms with Gasteiger partial charge in [0.05, 0.1) is 21.2 Å². The van der Waals surface area contributed by atoms with E-state index >= 15 is 0 Å². The first-order valence-corrected chi connectivity index (χ1v) is 9.87. The summed E-state index contributed by atoms with van der Waals surface area (Å²) in [6.45, 7) is 7.69. The van der Waals surface area contributed by atoms with Gasteiger partial charge in [0.2, 0.25) is 5.88 Å². The molecule has 0 spiro atoms. The molecule has 0 radical (unpaired) electrons. The van der Waals surface area contributed by atoms with Gasteiger partial charge in [-0.15, -0.1) is 0 Å². The number of halogens is 2. The van der Waals surface area contributed by atoms with Crippen molar-refractivity contribution in [1.82, 2.24) is 9.78 Å². The summed E-state index contributed by atoms with van der Waals surface area (Å²) in [5.74, 6) is -1.32. The molecule has 0 aliphatic carbocycles. The summed E-state index contributed by atoms with van der Waals surface area (Å²) in [6.07, 6.45) is 0. The number of hydrogen-bond acceptors (Lipinski definition) is 4. The van der Waals surface area contributed by atoms with Crippen LogP contribution in [-0.4, -0.2) is 15.7 Å². The molecular weight excluding hydrogens is 399 g/mol. The third kappa shape index (κ3) is 4.23. The molecule has 3 aromatic rings. The van der Waals surface area contributed by atoms with E-state index in [9.17, 15) is 9.18 Å². The van der Waals surface area contributed by atoms with E-state index in [2.05, 4.69) is 5.10 Å². The number of esters is 1. The average molecular weight is 419 g/mol. The second-order valence-corrected chi connectivity index (χ2v) is 8.69. The van der Waals surface area contributed by atoms with Gasteiger partial charge in [-0.2, -0.15) is 5.10 Å². The fraction of sp³-hybridized carbons (Fsp3) is 0.238. The van der Waals surface area contributed by atoms with Crippen molar-refractivity contribution in [2.24, 2.45) is 0 Å². The Morgan fingerprint density at radius 2 is 1.82 bits per heavy atom. The normalized spacial score (nSPS) is 11.5. The standard InChI is InChI=1S/C21H20ClFN2O2S/c1-13-18(28-14-9-6-5-7-10-14)19(25(24-13)21(2,3)4)27-20(26)17-15(22)11-8-12-16(17)23/h5-12H,1-4H3. The largest absolute Gasteiger partial charge is 0.403 e. The quantitative estimate of drug-likeness (QED) is 0.479. The van der Waals surface area contributed by atoms with E-state index in [0.717, 1.165) is 4.90 Å². The minimum atomic E-state index is -0.858. The Hall–Kier alpha value is -2.31. The van der Waals surface area contributed by atoms with Crippen molar-refractivity contribution < 1.29 is 13.9 Å². The second-order valence-electron chi connectivity index (χ2n) is 7.20. The van der Waals surface area contributed by atoms with E-state index in [-0.39, 0.29) is 16.5 Å². The number of hydrogen-bond donors (Lipinski definition) is 0. The van der Waals surface area contributed by atoms with Crippen molar-refractivity contribution >= 4 is 29.3 Å².